The Morgan fingerprint density at radius 2 is 1.23 bits per heavy atom. The average Bonchev–Trinajstić information content (AvgIpc) is 2.53. The molecule has 0 heterocycles. The monoisotopic (exact) mass is 362 g/mol. The second-order valence-electron chi connectivity index (χ2n) is 5.41. The molecule has 0 fully saturated rings. The van der Waals surface area contributed by atoms with E-state index in [1.54, 1.807) is 12.1 Å². The molecular formula is C20H24BrF. The van der Waals surface area contributed by atoms with Crippen LogP contribution in [-0.4, -0.2) is 0 Å². The minimum Gasteiger partial charge on any atom is -0.207 e. The Morgan fingerprint density at radius 1 is 0.727 bits per heavy atom. The summed E-state index contributed by atoms with van der Waals surface area (Å²) in [7, 11) is 0. The van der Waals surface area contributed by atoms with Crippen molar-refractivity contribution in [1.82, 2.24) is 0 Å². The number of halogens is 2. The van der Waals surface area contributed by atoms with Crippen LogP contribution in [0, 0.1) is 28.4 Å². The van der Waals surface area contributed by atoms with E-state index >= 15 is 0 Å². The van der Waals surface area contributed by atoms with Gasteiger partial charge in [-0.3, -0.25) is 0 Å². The topological polar surface area (TPSA) is 0 Å². The van der Waals surface area contributed by atoms with Gasteiger partial charge in [0.05, 0.1) is 0 Å². The molecule has 0 bridgehead atoms. The number of hydrogen-bond donors (Lipinski definition) is 0. The third-order valence-corrected chi connectivity index (χ3v) is 3.78. The van der Waals surface area contributed by atoms with Crippen LogP contribution in [0.25, 0.3) is 0 Å². The lowest BCUT2D eigenvalue weighted by Gasteiger charge is -2.00. The van der Waals surface area contributed by atoms with Crippen LogP contribution in [0.15, 0.2) is 24.3 Å². The summed E-state index contributed by atoms with van der Waals surface area (Å²) in [6.07, 6.45) is 12.2. The SMILES string of the molecule is Fc1ccc(C#CCCCCCCCCCCC#CBr)cc1. The van der Waals surface area contributed by atoms with E-state index in [0.29, 0.717) is 0 Å². The Hall–Kier alpha value is -1.25. The molecule has 0 aliphatic heterocycles. The standard InChI is InChI=1S/C20H24BrF/c21-18-12-10-8-6-4-2-1-3-5-7-9-11-13-19-14-16-20(22)17-15-19/h14-17H,1-10H2. The maximum absolute atomic E-state index is 12.7. The van der Waals surface area contributed by atoms with Crippen molar-refractivity contribution in [3.8, 4) is 22.6 Å². The highest BCUT2D eigenvalue weighted by atomic mass is 79.9. The Kier molecular flexibility index (Phi) is 11.5. The number of hydrogen-bond acceptors (Lipinski definition) is 0. The van der Waals surface area contributed by atoms with Gasteiger partial charge in [0.1, 0.15) is 5.82 Å². The molecule has 0 radical (unpaired) electrons. The largest absolute Gasteiger partial charge is 0.207 e. The Balaban J connectivity index is 1.91. The predicted molar refractivity (Wildman–Crippen MR) is 96.2 cm³/mol. The van der Waals surface area contributed by atoms with Crippen molar-refractivity contribution in [2.45, 2.75) is 64.2 Å². The second kappa shape index (κ2) is 13.4. The molecule has 118 valence electrons. The van der Waals surface area contributed by atoms with Gasteiger partial charge < -0.3 is 0 Å². The normalized spacial score (nSPS) is 9.55. The van der Waals surface area contributed by atoms with Crippen molar-refractivity contribution in [1.29, 1.82) is 0 Å². The van der Waals surface area contributed by atoms with E-state index in [1.165, 1.54) is 57.1 Å². The van der Waals surface area contributed by atoms with E-state index in [4.69, 9.17) is 0 Å². The van der Waals surface area contributed by atoms with Crippen LogP contribution in [0.1, 0.15) is 69.8 Å². The molecule has 0 saturated carbocycles. The Morgan fingerprint density at radius 3 is 1.77 bits per heavy atom. The first-order valence-corrected chi connectivity index (χ1v) is 8.95. The van der Waals surface area contributed by atoms with Crippen molar-refractivity contribution in [2.24, 2.45) is 0 Å². The smallest absolute Gasteiger partial charge is 0.123 e. The molecule has 2 heteroatoms. The molecular weight excluding hydrogens is 339 g/mol. The van der Waals surface area contributed by atoms with Crippen LogP contribution in [-0.2, 0) is 0 Å². The zero-order valence-corrected chi connectivity index (χ0v) is 14.7. The molecule has 0 atom stereocenters. The second-order valence-corrected chi connectivity index (χ2v) is 5.80. The van der Waals surface area contributed by atoms with Gasteiger partial charge in [0, 0.05) is 34.3 Å². The van der Waals surface area contributed by atoms with Gasteiger partial charge in [-0.2, -0.15) is 0 Å². The summed E-state index contributed by atoms with van der Waals surface area (Å²) in [5, 5.41) is 0. The van der Waals surface area contributed by atoms with Gasteiger partial charge in [-0.15, -0.1) is 0 Å². The maximum Gasteiger partial charge on any atom is 0.123 e. The zero-order valence-electron chi connectivity index (χ0n) is 13.1. The fraction of sp³-hybridized carbons (Fsp3) is 0.500. The van der Waals surface area contributed by atoms with Gasteiger partial charge in [-0.1, -0.05) is 56.3 Å². The van der Waals surface area contributed by atoms with Gasteiger partial charge in [-0.05, 0) is 41.9 Å². The molecule has 0 N–H and O–H groups in total. The highest BCUT2D eigenvalue weighted by Crippen LogP contribution is 2.10. The molecule has 1 aromatic carbocycles. The van der Waals surface area contributed by atoms with E-state index in [-0.39, 0.29) is 5.82 Å². The van der Waals surface area contributed by atoms with E-state index in [2.05, 4.69) is 38.5 Å². The minimum atomic E-state index is -0.207. The summed E-state index contributed by atoms with van der Waals surface area (Å²) in [6, 6.07) is 6.37. The maximum atomic E-state index is 12.7. The van der Waals surface area contributed by atoms with Gasteiger partial charge in [0.15, 0.2) is 0 Å². The van der Waals surface area contributed by atoms with Crippen LogP contribution in [0.2, 0.25) is 0 Å². The number of benzene rings is 1. The molecule has 0 aliphatic carbocycles. The summed E-state index contributed by atoms with van der Waals surface area (Å²) < 4.78 is 12.7. The lowest BCUT2D eigenvalue weighted by Crippen LogP contribution is -1.81. The van der Waals surface area contributed by atoms with Crippen molar-refractivity contribution in [3.05, 3.63) is 35.6 Å². The van der Waals surface area contributed by atoms with Gasteiger partial charge in [0.25, 0.3) is 0 Å². The average molecular weight is 363 g/mol. The van der Waals surface area contributed by atoms with Crippen molar-refractivity contribution in [2.75, 3.05) is 0 Å². The molecule has 0 saturated heterocycles. The molecule has 0 aromatic heterocycles. The van der Waals surface area contributed by atoms with Crippen LogP contribution in [0.3, 0.4) is 0 Å². The fourth-order valence-corrected chi connectivity index (χ4v) is 2.43. The van der Waals surface area contributed by atoms with Crippen molar-refractivity contribution >= 4 is 15.9 Å². The fourth-order valence-electron chi connectivity index (χ4n) is 2.23. The Bertz CT molecular complexity index is 511. The minimum absolute atomic E-state index is 0.207. The van der Waals surface area contributed by atoms with Crippen LogP contribution >= 0.6 is 15.9 Å². The van der Waals surface area contributed by atoms with Crippen LogP contribution < -0.4 is 0 Å². The molecule has 0 spiro atoms. The first-order valence-electron chi connectivity index (χ1n) is 8.16. The highest BCUT2D eigenvalue weighted by molar-refractivity contribution is 9.12. The van der Waals surface area contributed by atoms with E-state index in [9.17, 15) is 4.39 Å². The quantitative estimate of drug-likeness (QED) is 0.350. The molecule has 0 aliphatic rings. The Labute approximate surface area is 143 Å². The number of rotatable bonds is 9. The van der Waals surface area contributed by atoms with Crippen molar-refractivity contribution < 1.29 is 4.39 Å². The van der Waals surface area contributed by atoms with Crippen LogP contribution in [0.4, 0.5) is 4.39 Å². The summed E-state index contributed by atoms with van der Waals surface area (Å²) in [5.74, 6) is 9.06. The third-order valence-electron chi connectivity index (χ3n) is 3.50. The first-order chi connectivity index (χ1) is 10.8. The molecule has 0 unspecified atom stereocenters. The molecule has 1 rings (SSSR count). The van der Waals surface area contributed by atoms with E-state index in [1.807, 2.05) is 0 Å². The molecule has 22 heavy (non-hydrogen) atoms. The van der Waals surface area contributed by atoms with Gasteiger partial charge in [0.2, 0.25) is 0 Å². The van der Waals surface area contributed by atoms with Gasteiger partial charge in [-0.25, -0.2) is 4.39 Å². The lowest BCUT2D eigenvalue weighted by atomic mass is 10.1. The zero-order chi connectivity index (χ0) is 15.9. The summed E-state index contributed by atoms with van der Waals surface area (Å²) in [5.41, 5.74) is 0.894. The molecule has 0 amide bonds. The van der Waals surface area contributed by atoms with Crippen molar-refractivity contribution in [3.63, 3.8) is 0 Å². The predicted octanol–water partition coefficient (Wildman–Crippen LogP) is 6.43. The van der Waals surface area contributed by atoms with Gasteiger partial charge >= 0.3 is 0 Å². The molecule has 0 nitrogen and oxygen atoms in total. The first kappa shape index (κ1) is 18.8. The summed E-state index contributed by atoms with van der Waals surface area (Å²) in [6.45, 7) is 0. The third kappa shape index (κ3) is 10.5. The summed E-state index contributed by atoms with van der Waals surface area (Å²) >= 11 is 3.11. The molecule has 1 aromatic rings. The van der Waals surface area contributed by atoms with E-state index in [0.717, 1.165) is 24.8 Å². The lowest BCUT2D eigenvalue weighted by molar-refractivity contribution is 0.573. The highest BCUT2D eigenvalue weighted by Gasteiger charge is 1.92. The van der Waals surface area contributed by atoms with E-state index < -0.39 is 0 Å². The van der Waals surface area contributed by atoms with Crippen LogP contribution in [0.5, 0.6) is 0 Å². The summed E-state index contributed by atoms with van der Waals surface area (Å²) in [4.78, 5) is 2.75. The number of unbranched alkanes of at least 4 members (excludes halogenated alkanes) is 9.